The zero-order chi connectivity index (χ0) is 13.6. The molecule has 4 nitrogen and oxygen atoms in total. The van der Waals surface area contributed by atoms with Gasteiger partial charge in [-0.2, -0.15) is 0 Å². The second-order valence-electron chi connectivity index (χ2n) is 5.18. The van der Waals surface area contributed by atoms with Crippen LogP contribution in [0.3, 0.4) is 0 Å². The zero-order valence-corrected chi connectivity index (χ0v) is 11.3. The van der Waals surface area contributed by atoms with Crippen LogP contribution >= 0.6 is 0 Å². The minimum absolute atomic E-state index is 0.322. The Bertz CT molecular complexity index is 371. The molecule has 0 spiro atoms. The van der Waals surface area contributed by atoms with Crippen LogP contribution in [0.1, 0.15) is 26.3 Å². The topological polar surface area (TPSA) is 55.6 Å². The molecule has 1 rings (SSSR count). The molecule has 100 valence electrons. The molecule has 0 aliphatic heterocycles. The van der Waals surface area contributed by atoms with E-state index in [4.69, 9.17) is 10.5 Å². The van der Waals surface area contributed by atoms with E-state index in [0.29, 0.717) is 19.6 Å². The van der Waals surface area contributed by atoms with Gasteiger partial charge in [0.25, 0.3) is 0 Å². The van der Waals surface area contributed by atoms with Gasteiger partial charge < -0.3 is 15.4 Å². The third-order valence-electron chi connectivity index (χ3n) is 2.27. The van der Waals surface area contributed by atoms with Crippen molar-refractivity contribution in [2.45, 2.75) is 32.9 Å². The molecule has 0 heterocycles. The van der Waals surface area contributed by atoms with Gasteiger partial charge in [-0.25, -0.2) is 4.79 Å². The molecule has 0 saturated carbocycles. The lowest BCUT2D eigenvalue weighted by Gasteiger charge is -2.27. The number of amides is 1. The molecule has 0 radical (unpaired) electrons. The van der Waals surface area contributed by atoms with Gasteiger partial charge in [-0.1, -0.05) is 30.3 Å². The number of carbonyl (C=O) groups excluding carboxylic acids is 1. The SMILES string of the molecule is CC(C)(C)OC(=O)N(CCN)Cc1ccccc1. The van der Waals surface area contributed by atoms with E-state index in [0.717, 1.165) is 5.56 Å². The van der Waals surface area contributed by atoms with Gasteiger partial charge in [0.2, 0.25) is 0 Å². The lowest BCUT2D eigenvalue weighted by Crippen LogP contribution is -2.39. The van der Waals surface area contributed by atoms with Crippen molar-refractivity contribution >= 4 is 6.09 Å². The highest BCUT2D eigenvalue weighted by molar-refractivity contribution is 5.68. The molecular weight excluding hydrogens is 228 g/mol. The molecule has 0 bridgehead atoms. The Morgan fingerprint density at radius 1 is 1.28 bits per heavy atom. The Balaban J connectivity index is 2.68. The number of carbonyl (C=O) groups is 1. The van der Waals surface area contributed by atoms with E-state index in [9.17, 15) is 4.79 Å². The Labute approximate surface area is 109 Å². The van der Waals surface area contributed by atoms with Crippen molar-refractivity contribution < 1.29 is 9.53 Å². The number of rotatable bonds is 4. The molecule has 0 aliphatic carbocycles. The van der Waals surface area contributed by atoms with E-state index in [1.165, 1.54) is 0 Å². The molecule has 1 aromatic rings. The maximum Gasteiger partial charge on any atom is 0.410 e. The van der Waals surface area contributed by atoms with Crippen LogP contribution in [-0.4, -0.2) is 29.7 Å². The normalized spacial score (nSPS) is 11.1. The van der Waals surface area contributed by atoms with E-state index in [-0.39, 0.29) is 6.09 Å². The summed E-state index contributed by atoms with van der Waals surface area (Å²) in [5, 5.41) is 0. The predicted molar refractivity (Wildman–Crippen MR) is 72.1 cm³/mol. The molecule has 1 amide bonds. The van der Waals surface area contributed by atoms with Crippen LogP contribution in [0.5, 0.6) is 0 Å². The average Bonchev–Trinajstić information content (AvgIpc) is 2.27. The second-order valence-corrected chi connectivity index (χ2v) is 5.18. The second kappa shape index (κ2) is 6.40. The third-order valence-corrected chi connectivity index (χ3v) is 2.27. The Morgan fingerprint density at radius 2 is 1.89 bits per heavy atom. The summed E-state index contributed by atoms with van der Waals surface area (Å²) in [6.45, 7) is 7.00. The van der Waals surface area contributed by atoms with E-state index in [1.807, 2.05) is 51.1 Å². The minimum Gasteiger partial charge on any atom is -0.444 e. The first-order chi connectivity index (χ1) is 8.42. The standard InChI is InChI=1S/C14H22N2O2/c1-14(2,3)18-13(17)16(10-9-15)11-12-7-5-4-6-8-12/h4-8H,9-11,15H2,1-3H3. The smallest absolute Gasteiger partial charge is 0.410 e. The summed E-state index contributed by atoms with van der Waals surface area (Å²) in [4.78, 5) is 13.6. The minimum atomic E-state index is -0.485. The van der Waals surface area contributed by atoms with Gasteiger partial charge in [-0.05, 0) is 26.3 Å². The van der Waals surface area contributed by atoms with E-state index in [2.05, 4.69) is 0 Å². The van der Waals surface area contributed by atoms with Gasteiger partial charge in [0, 0.05) is 19.6 Å². The highest BCUT2D eigenvalue weighted by atomic mass is 16.6. The summed E-state index contributed by atoms with van der Waals surface area (Å²) in [5.41, 5.74) is 6.12. The summed E-state index contributed by atoms with van der Waals surface area (Å²) in [6.07, 6.45) is -0.322. The Kier molecular flexibility index (Phi) is 5.16. The zero-order valence-electron chi connectivity index (χ0n) is 11.3. The summed E-state index contributed by atoms with van der Waals surface area (Å²) in [7, 11) is 0. The molecule has 18 heavy (non-hydrogen) atoms. The molecular formula is C14H22N2O2. The fourth-order valence-corrected chi connectivity index (χ4v) is 1.52. The number of nitrogens with two attached hydrogens (primary N) is 1. The molecule has 0 aromatic heterocycles. The highest BCUT2D eigenvalue weighted by Crippen LogP contribution is 2.12. The van der Waals surface area contributed by atoms with Crippen LogP contribution in [0.4, 0.5) is 4.79 Å². The quantitative estimate of drug-likeness (QED) is 0.892. The number of benzene rings is 1. The predicted octanol–water partition coefficient (Wildman–Crippen LogP) is 2.38. The largest absolute Gasteiger partial charge is 0.444 e. The first-order valence-electron chi connectivity index (χ1n) is 6.14. The van der Waals surface area contributed by atoms with Crippen molar-refractivity contribution in [3.63, 3.8) is 0 Å². The van der Waals surface area contributed by atoms with Crippen LogP contribution < -0.4 is 5.73 Å². The van der Waals surface area contributed by atoms with E-state index >= 15 is 0 Å². The third kappa shape index (κ3) is 5.19. The Hall–Kier alpha value is -1.55. The maximum absolute atomic E-state index is 12.0. The van der Waals surface area contributed by atoms with Crippen LogP contribution in [-0.2, 0) is 11.3 Å². The van der Waals surface area contributed by atoms with Gasteiger partial charge in [0.1, 0.15) is 5.60 Å². The maximum atomic E-state index is 12.0. The monoisotopic (exact) mass is 250 g/mol. The van der Waals surface area contributed by atoms with Gasteiger partial charge in [-0.15, -0.1) is 0 Å². The lowest BCUT2D eigenvalue weighted by molar-refractivity contribution is 0.0239. The molecule has 2 N–H and O–H groups in total. The molecule has 0 atom stereocenters. The van der Waals surface area contributed by atoms with Crippen molar-refractivity contribution in [1.29, 1.82) is 0 Å². The molecule has 4 heteroatoms. The van der Waals surface area contributed by atoms with Crippen LogP contribution in [0.15, 0.2) is 30.3 Å². The molecule has 0 fully saturated rings. The van der Waals surface area contributed by atoms with Crippen molar-refractivity contribution in [3.8, 4) is 0 Å². The summed E-state index contributed by atoms with van der Waals surface area (Å²) in [6, 6.07) is 9.81. The van der Waals surface area contributed by atoms with Crippen molar-refractivity contribution in [3.05, 3.63) is 35.9 Å². The fourth-order valence-electron chi connectivity index (χ4n) is 1.52. The first kappa shape index (κ1) is 14.5. The number of hydrogen-bond acceptors (Lipinski definition) is 3. The molecule has 1 aromatic carbocycles. The van der Waals surface area contributed by atoms with Crippen LogP contribution in [0, 0.1) is 0 Å². The van der Waals surface area contributed by atoms with E-state index in [1.54, 1.807) is 4.90 Å². The van der Waals surface area contributed by atoms with Gasteiger partial charge in [0.05, 0.1) is 0 Å². The molecule has 0 unspecified atom stereocenters. The number of ether oxygens (including phenoxy) is 1. The van der Waals surface area contributed by atoms with Gasteiger partial charge in [-0.3, -0.25) is 0 Å². The first-order valence-corrected chi connectivity index (χ1v) is 6.14. The number of nitrogens with zero attached hydrogens (tertiary/aromatic N) is 1. The molecule has 0 aliphatic rings. The average molecular weight is 250 g/mol. The van der Waals surface area contributed by atoms with E-state index < -0.39 is 5.60 Å². The van der Waals surface area contributed by atoms with Crippen LogP contribution in [0.2, 0.25) is 0 Å². The summed E-state index contributed by atoms with van der Waals surface area (Å²) in [5.74, 6) is 0. The summed E-state index contributed by atoms with van der Waals surface area (Å²) < 4.78 is 5.36. The lowest BCUT2D eigenvalue weighted by atomic mass is 10.2. The van der Waals surface area contributed by atoms with Gasteiger partial charge >= 0.3 is 6.09 Å². The van der Waals surface area contributed by atoms with Crippen molar-refractivity contribution in [1.82, 2.24) is 4.90 Å². The van der Waals surface area contributed by atoms with Crippen molar-refractivity contribution in [2.24, 2.45) is 5.73 Å². The van der Waals surface area contributed by atoms with Crippen LogP contribution in [0.25, 0.3) is 0 Å². The molecule has 0 saturated heterocycles. The summed E-state index contributed by atoms with van der Waals surface area (Å²) >= 11 is 0. The van der Waals surface area contributed by atoms with Crippen molar-refractivity contribution in [2.75, 3.05) is 13.1 Å². The number of hydrogen-bond donors (Lipinski definition) is 1. The highest BCUT2D eigenvalue weighted by Gasteiger charge is 2.21. The fraction of sp³-hybridized carbons (Fsp3) is 0.500. The Morgan fingerprint density at radius 3 is 2.39 bits per heavy atom. The van der Waals surface area contributed by atoms with Gasteiger partial charge in [0.15, 0.2) is 0 Å².